The van der Waals surface area contributed by atoms with Crippen molar-refractivity contribution in [3.63, 3.8) is 0 Å². The maximum atomic E-state index is 9.17. The Morgan fingerprint density at radius 3 is 2.31 bits per heavy atom. The van der Waals surface area contributed by atoms with Gasteiger partial charge in [-0.05, 0) is 28.1 Å². The van der Waals surface area contributed by atoms with Crippen molar-refractivity contribution in [2.45, 2.75) is 13.3 Å². The lowest BCUT2D eigenvalue weighted by molar-refractivity contribution is -0.107. The first-order valence-corrected chi connectivity index (χ1v) is 5.21. The minimum Gasteiger partial charge on any atom is -0.303 e. The highest BCUT2D eigenvalue weighted by molar-refractivity contribution is 9.10. The lowest BCUT2D eigenvalue weighted by atomic mass is 10.4. The van der Waals surface area contributed by atoms with Crippen molar-refractivity contribution in [1.29, 1.82) is 0 Å². The Hall–Kier alpha value is -0.0500. The van der Waals surface area contributed by atoms with E-state index >= 15 is 0 Å². The molecule has 0 radical (unpaired) electrons. The van der Waals surface area contributed by atoms with Crippen LogP contribution < -0.4 is 0 Å². The fourth-order valence-electron chi connectivity index (χ4n) is 0.477. The van der Waals surface area contributed by atoms with Crippen molar-refractivity contribution in [3.05, 3.63) is 32.7 Å². The largest absolute Gasteiger partial charge is 0.303 e. The minimum atomic E-state index is 0.569. The van der Waals surface area contributed by atoms with E-state index in [9.17, 15) is 4.79 Å². The molecule has 0 spiro atoms. The molecule has 0 amide bonds. The molecule has 1 nitrogen and oxygen atoms in total. The molecule has 0 aliphatic rings. The van der Waals surface area contributed by atoms with Crippen LogP contribution in [0, 0.1) is 0 Å². The topological polar surface area (TPSA) is 17.1 Å². The fraction of sp³-hybridized carbons (Fsp3) is 0.222. The molecule has 0 bridgehead atoms. The van der Waals surface area contributed by atoms with Gasteiger partial charge in [0.05, 0.1) is 10.0 Å². The van der Waals surface area contributed by atoms with Crippen LogP contribution in [0.15, 0.2) is 22.7 Å². The smallest absolute Gasteiger partial charge is 0.119 e. The fourth-order valence-corrected chi connectivity index (χ4v) is 1.26. The van der Waals surface area contributed by atoms with Crippen LogP contribution in [-0.4, -0.2) is 6.29 Å². The van der Waals surface area contributed by atoms with E-state index in [-0.39, 0.29) is 0 Å². The molecule has 1 rings (SSSR count). The Labute approximate surface area is 96.2 Å². The highest BCUT2D eigenvalue weighted by Gasteiger charge is 1.98. The van der Waals surface area contributed by atoms with Crippen molar-refractivity contribution in [2.24, 2.45) is 0 Å². The number of hydrogen-bond donors (Lipinski definition) is 0. The molecule has 0 atom stereocenters. The zero-order valence-corrected chi connectivity index (χ0v) is 10.2. The van der Waals surface area contributed by atoms with Crippen LogP contribution in [0.1, 0.15) is 13.3 Å². The van der Waals surface area contributed by atoms with Gasteiger partial charge in [-0.1, -0.05) is 36.2 Å². The van der Waals surface area contributed by atoms with Crippen molar-refractivity contribution in [3.8, 4) is 0 Å². The third kappa shape index (κ3) is 5.29. The van der Waals surface area contributed by atoms with Crippen molar-refractivity contribution in [1.82, 2.24) is 0 Å². The predicted molar refractivity (Wildman–Crippen MR) is 60.5 cm³/mol. The maximum absolute atomic E-state index is 9.17. The molecule has 0 aromatic heterocycles. The van der Waals surface area contributed by atoms with Crippen LogP contribution in [0.3, 0.4) is 0 Å². The Bertz CT molecular complexity index is 256. The summed E-state index contributed by atoms with van der Waals surface area (Å²) in [7, 11) is 0. The maximum Gasteiger partial charge on any atom is 0.119 e. The lowest BCUT2D eigenvalue weighted by Gasteiger charge is -1.94. The second-order valence-corrected chi connectivity index (χ2v) is 3.75. The Morgan fingerprint density at radius 2 is 2.00 bits per heavy atom. The summed E-state index contributed by atoms with van der Waals surface area (Å²) in [5, 5.41) is 1.14. The second kappa shape index (κ2) is 7.36. The second-order valence-electron chi connectivity index (χ2n) is 2.11. The van der Waals surface area contributed by atoms with Gasteiger partial charge in [0.15, 0.2) is 0 Å². The van der Waals surface area contributed by atoms with Gasteiger partial charge < -0.3 is 4.79 Å². The summed E-state index contributed by atoms with van der Waals surface area (Å²) in [6.07, 6.45) is 1.51. The van der Waals surface area contributed by atoms with Crippen LogP contribution in [0.5, 0.6) is 0 Å². The van der Waals surface area contributed by atoms with Crippen molar-refractivity contribution < 1.29 is 4.79 Å². The van der Waals surface area contributed by atoms with Crippen LogP contribution in [0.4, 0.5) is 0 Å². The number of halogens is 3. The van der Waals surface area contributed by atoms with E-state index in [1.54, 1.807) is 6.07 Å². The number of aldehydes is 1. The molecule has 0 aliphatic carbocycles. The number of carbonyl (C=O) groups excluding carboxylic acids is 1. The van der Waals surface area contributed by atoms with Crippen LogP contribution in [0.25, 0.3) is 0 Å². The summed E-state index contributed by atoms with van der Waals surface area (Å²) in [4.78, 5) is 9.17. The number of carbonyl (C=O) groups is 1. The minimum absolute atomic E-state index is 0.569. The summed E-state index contributed by atoms with van der Waals surface area (Å²) in [6.45, 7) is 1.81. The Balaban J connectivity index is 0.000000310. The highest BCUT2D eigenvalue weighted by Crippen LogP contribution is 2.28. The van der Waals surface area contributed by atoms with Crippen LogP contribution >= 0.6 is 39.1 Å². The predicted octanol–water partition coefficient (Wildman–Crippen LogP) is 4.35. The molecular formula is C9H9BrCl2O. The SMILES string of the molecule is CCC=O.Clc1cccc(Br)c1Cl. The van der Waals surface area contributed by atoms with E-state index in [0.29, 0.717) is 16.5 Å². The summed E-state index contributed by atoms with van der Waals surface area (Å²) in [6, 6.07) is 5.42. The quantitative estimate of drug-likeness (QED) is 0.553. The van der Waals surface area contributed by atoms with Gasteiger partial charge in [-0.2, -0.15) is 0 Å². The standard InChI is InChI=1S/C6H3BrCl2.C3H6O/c7-4-2-1-3-5(8)6(4)9;1-2-3-4/h1-3H;3H,2H2,1H3. The normalized spacial score (nSPS) is 8.62. The number of rotatable bonds is 1. The first-order chi connectivity index (χ1) is 6.13. The zero-order chi connectivity index (χ0) is 10.3. The molecule has 13 heavy (non-hydrogen) atoms. The van der Waals surface area contributed by atoms with E-state index in [1.165, 1.54) is 0 Å². The molecular weight excluding hydrogens is 275 g/mol. The van der Waals surface area contributed by atoms with Gasteiger partial charge in [-0.15, -0.1) is 0 Å². The molecule has 0 saturated heterocycles. The first-order valence-electron chi connectivity index (χ1n) is 3.66. The molecule has 1 aromatic rings. The van der Waals surface area contributed by atoms with Gasteiger partial charge >= 0.3 is 0 Å². The summed E-state index contributed by atoms with van der Waals surface area (Å²) in [5.41, 5.74) is 0. The van der Waals surface area contributed by atoms with Gasteiger partial charge in [0.2, 0.25) is 0 Å². The third-order valence-electron chi connectivity index (χ3n) is 1.07. The molecule has 0 aliphatic heterocycles. The number of hydrogen-bond acceptors (Lipinski definition) is 1. The monoisotopic (exact) mass is 282 g/mol. The van der Waals surface area contributed by atoms with Crippen molar-refractivity contribution >= 4 is 45.4 Å². The average molecular weight is 284 g/mol. The van der Waals surface area contributed by atoms with Crippen molar-refractivity contribution in [2.75, 3.05) is 0 Å². The Morgan fingerprint density at radius 1 is 1.46 bits per heavy atom. The molecule has 0 saturated carbocycles. The van der Waals surface area contributed by atoms with Crippen LogP contribution in [0.2, 0.25) is 10.0 Å². The third-order valence-corrected chi connectivity index (χ3v) is 2.78. The first kappa shape index (κ1) is 12.9. The van der Waals surface area contributed by atoms with Gasteiger partial charge in [-0.3, -0.25) is 0 Å². The average Bonchev–Trinajstić information content (AvgIpc) is 2.14. The van der Waals surface area contributed by atoms with Gasteiger partial charge in [0.1, 0.15) is 6.29 Å². The molecule has 0 unspecified atom stereocenters. The van der Waals surface area contributed by atoms with E-state index in [2.05, 4.69) is 15.9 Å². The summed E-state index contributed by atoms with van der Waals surface area (Å²) in [5.74, 6) is 0. The van der Waals surface area contributed by atoms with E-state index in [1.807, 2.05) is 19.1 Å². The lowest BCUT2D eigenvalue weighted by Crippen LogP contribution is -1.68. The molecule has 1 aromatic carbocycles. The molecule has 4 heteroatoms. The van der Waals surface area contributed by atoms with E-state index in [0.717, 1.165) is 10.8 Å². The zero-order valence-electron chi connectivity index (χ0n) is 7.06. The van der Waals surface area contributed by atoms with Crippen LogP contribution in [-0.2, 0) is 4.79 Å². The van der Waals surface area contributed by atoms with Gasteiger partial charge in [0, 0.05) is 10.9 Å². The molecule has 72 valence electrons. The van der Waals surface area contributed by atoms with E-state index < -0.39 is 0 Å². The van der Waals surface area contributed by atoms with Gasteiger partial charge in [-0.25, -0.2) is 0 Å². The summed E-state index contributed by atoms with van der Waals surface area (Å²) >= 11 is 14.6. The molecule has 0 heterocycles. The summed E-state index contributed by atoms with van der Waals surface area (Å²) < 4.78 is 0.830. The molecule has 0 N–H and O–H groups in total. The number of benzene rings is 1. The molecule has 0 fully saturated rings. The van der Waals surface area contributed by atoms with Gasteiger partial charge in [0.25, 0.3) is 0 Å². The Kier molecular flexibility index (Phi) is 7.33. The highest BCUT2D eigenvalue weighted by atomic mass is 79.9. The van der Waals surface area contributed by atoms with E-state index in [4.69, 9.17) is 23.2 Å².